The first-order valence-electron chi connectivity index (χ1n) is 5.60. The van der Waals surface area contributed by atoms with Crippen LogP contribution in [0.25, 0.3) is 0 Å². The predicted octanol–water partition coefficient (Wildman–Crippen LogP) is 1.75. The van der Waals surface area contributed by atoms with Gasteiger partial charge >= 0.3 is 0 Å². The quantitative estimate of drug-likeness (QED) is 0.789. The Bertz CT molecular complexity index is 321. The van der Waals surface area contributed by atoms with Gasteiger partial charge in [0.1, 0.15) is 0 Å². The molecule has 1 aliphatic heterocycles. The molecule has 2 nitrogen and oxygen atoms in total. The Kier molecular flexibility index (Phi) is 2.81. The molecular formula is C13H20N2. The lowest BCUT2D eigenvalue weighted by Crippen LogP contribution is -2.43. The van der Waals surface area contributed by atoms with Crippen LogP contribution < -0.4 is 5.32 Å². The van der Waals surface area contributed by atoms with E-state index < -0.39 is 0 Å². The Balaban J connectivity index is 2.36. The highest BCUT2D eigenvalue weighted by Gasteiger charge is 2.37. The largest absolute Gasteiger partial charge is 0.314 e. The van der Waals surface area contributed by atoms with Crippen LogP contribution >= 0.6 is 0 Å². The minimum Gasteiger partial charge on any atom is -0.314 e. The van der Waals surface area contributed by atoms with Crippen LogP contribution in [0.15, 0.2) is 24.3 Å². The number of likely N-dealkylation sites (N-methyl/N-ethyl adjacent to an activating group) is 1. The van der Waals surface area contributed by atoms with E-state index in [0.29, 0.717) is 0 Å². The van der Waals surface area contributed by atoms with E-state index in [1.54, 1.807) is 0 Å². The molecule has 1 saturated heterocycles. The number of rotatable bonds is 2. The van der Waals surface area contributed by atoms with Gasteiger partial charge in [-0.15, -0.1) is 0 Å². The zero-order chi connectivity index (χ0) is 10.9. The van der Waals surface area contributed by atoms with Crippen molar-refractivity contribution in [2.45, 2.75) is 18.9 Å². The second-order valence-corrected chi connectivity index (χ2v) is 4.72. The third kappa shape index (κ3) is 1.80. The van der Waals surface area contributed by atoms with Crippen LogP contribution in [0.5, 0.6) is 0 Å². The first-order chi connectivity index (χ1) is 7.15. The third-order valence-electron chi connectivity index (χ3n) is 3.58. The molecule has 1 atom stereocenters. The monoisotopic (exact) mass is 204 g/mol. The fourth-order valence-electron chi connectivity index (χ4n) is 2.43. The molecule has 1 aromatic rings. The molecule has 0 aromatic heterocycles. The van der Waals surface area contributed by atoms with Crippen LogP contribution in [0.4, 0.5) is 0 Å². The average molecular weight is 204 g/mol. The zero-order valence-corrected chi connectivity index (χ0v) is 9.88. The van der Waals surface area contributed by atoms with Crippen LogP contribution in [0.2, 0.25) is 0 Å². The lowest BCUT2D eigenvalue weighted by molar-refractivity contribution is 0.174. The van der Waals surface area contributed by atoms with Crippen molar-refractivity contribution in [1.29, 1.82) is 0 Å². The van der Waals surface area contributed by atoms with Crippen LogP contribution in [-0.4, -0.2) is 32.1 Å². The summed E-state index contributed by atoms with van der Waals surface area (Å²) < 4.78 is 0. The molecule has 2 rings (SSSR count). The minimum absolute atomic E-state index is 0.202. The number of aryl methyl sites for hydroxylation is 1. The summed E-state index contributed by atoms with van der Waals surface area (Å²) in [5.74, 6) is 0. The lowest BCUT2D eigenvalue weighted by atomic mass is 9.87. The van der Waals surface area contributed by atoms with Gasteiger partial charge in [-0.3, -0.25) is 4.90 Å². The number of benzene rings is 1. The maximum absolute atomic E-state index is 3.47. The summed E-state index contributed by atoms with van der Waals surface area (Å²) in [6, 6.07) is 8.95. The van der Waals surface area contributed by atoms with Crippen LogP contribution in [-0.2, 0) is 5.54 Å². The van der Waals surface area contributed by atoms with Crippen molar-refractivity contribution in [1.82, 2.24) is 10.2 Å². The van der Waals surface area contributed by atoms with Gasteiger partial charge in [-0.1, -0.05) is 29.8 Å². The summed E-state index contributed by atoms with van der Waals surface area (Å²) in [6.07, 6.45) is 1.20. The highest BCUT2D eigenvalue weighted by molar-refractivity contribution is 5.29. The molecule has 15 heavy (non-hydrogen) atoms. The number of nitrogens with one attached hydrogen (secondary N) is 1. The maximum Gasteiger partial charge on any atom is 0.0593 e. The van der Waals surface area contributed by atoms with Crippen molar-refractivity contribution >= 4 is 0 Å². The molecule has 0 bridgehead atoms. The number of hydrogen-bond donors (Lipinski definition) is 1. The molecule has 0 amide bonds. The molecule has 2 heteroatoms. The molecule has 1 N–H and O–H groups in total. The molecule has 1 fully saturated rings. The summed E-state index contributed by atoms with van der Waals surface area (Å²) in [7, 11) is 4.35. The van der Waals surface area contributed by atoms with E-state index in [-0.39, 0.29) is 5.54 Å². The van der Waals surface area contributed by atoms with E-state index in [1.165, 1.54) is 17.5 Å². The second kappa shape index (κ2) is 3.95. The van der Waals surface area contributed by atoms with E-state index in [4.69, 9.17) is 0 Å². The molecule has 1 unspecified atom stereocenters. The van der Waals surface area contributed by atoms with Crippen molar-refractivity contribution in [3.8, 4) is 0 Å². The molecule has 1 aromatic carbocycles. The van der Waals surface area contributed by atoms with E-state index >= 15 is 0 Å². The van der Waals surface area contributed by atoms with Gasteiger partial charge in [0.15, 0.2) is 0 Å². The fraction of sp³-hybridized carbons (Fsp3) is 0.538. The summed E-state index contributed by atoms with van der Waals surface area (Å²) in [5.41, 5.74) is 2.97. The molecule has 1 aliphatic rings. The van der Waals surface area contributed by atoms with Gasteiger partial charge in [-0.25, -0.2) is 0 Å². The summed E-state index contributed by atoms with van der Waals surface area (Å²) in [4.78, 5) is 2.34. The lowest BCUT2D eigenvalue weighted by Gasteiger charge is -2.36. The van der Waals surface area contributed by atoms with Gasteiger partial charge in [0.2, 0.25) is 0 Å². The third-order valence-corrected chi connectivity index (χ3v) is 3.58. The van der Waals surface area contributed by atoms with Crippen molar-refractivity contribution in [2.24, 2.45) is 0 Å². The van der Waals surface area contributed by atoms with E-state index in [9.17, 15) is 0 Å². The van der Waals surface area contributed by atoms with Gasteiger partial charge in [0.25, 0.3) is 0 Å². The molecule has 0 radical (unpaired) electrons. The van der Waals surface area contributed by atoms with Crippen LogP contribution in [0.1, 0.15) is 17.5 Å². The van der Waals surface area contributed by atoms with Gasteiger partial charge in [0.05, 0.1) is 5.54 Å². The number of nitrogens with zero attached hydrogens (tertiary/aromatic N) is 1. The van der Waals surface area contributed by atoms with Crippen molar-refractivity contribution in [3.05, 3.63) is 35.4 Å². The highest BCUT2D eigenvalue weighted by Crippen LogP contribution is 2.32. The van der Waals surface area contributed by atoms with Crippen LogP contribution in [0, 0.1) is 6.92 Å². The average Bonchev–Trinajstić information content (AvgIpc) is 2.69. The standard InChI is InChI=1S/C13H20N2/c1-11-4-6-12(7-5-11)13(15(2)3)8-9-14-10-13/h4-7,14H,8-10H2,1-3H3. The van der Waals surface area contributed by atoms with Gasteiger partial charge in [0, 0.05) is 6.54 Å². The van der Waals surface area contributed by atoms with Crippen molar-refractivity contribution < 1.29 is 0 Å². The Labute approximate surface area is 92.3 Å². The van der Waals surface area contributed by atoms with E-state index in [0.717, 1.165) is 13.1 Å². The molecular weight excluding hydrogens is 184 g/mol. The molecule has 82 valence electrons. The van der Waals surface area contributed by atoms with Crippen molar-refractivity contribution in [3.63, 3.8) is 0 Å². The van der Waals surface area contributed by atoms with Crippen LogP contribution in [0.3, 0.4) is 0 Å². The smallest absolute Gasteiger partial charge is 0.0593 e. The van der Waals surface area contributed by atoms with Gasteiger partial charge < -0.3 is 5.32 Å². The highest BCUT2D eigenvalue weighted by atomic mass is 15.2. The first-order valence-corrected chi connectivity index (χ1v) is 5.60. The maximum atomic E-state index is 3.47. The van der Waals surface area contributed by atoms with E-state index in [1.807, 2.05) is 0 Å². The Morgan fingerprint density at radius 2 is 1.87 bits per heavy atom. The Morgan fingerprint density at radius 3 is 2.33 bits per heavy atom. The first kappa shape index (κ1) is 10.7. The molecule has 1 heterocycles. The van der Waals surface area contributed by atoms with E-state index in [2.05, 4.69) is 55.5 Å². The fourth-order valence-corrected chi connectivity index (χ4v) is 2.43. The molecule has 0 spiro atoms. The molecule has 0 aliphatic carbocycles. The normalized spacial score (nSPS) is 26.1. The Hall–Kier alpha value is -0.860. The summed E-state index contributed by atoms with van der Waals surface area (Å²) >= 11 is 0. The minimum atomic E-state index is 0.202. The molecule has 0 saturated carbocycles. The number of hydrogen-bond acceptors (Lipinski definition) is 2. The SMILES string of the molecule is Cc1ccc(C2(N(C)C)CCNC2)cc1. The van der Waals surface area contributed by atoms with Gasteiger partial charge in [-0.2, -0.15) is 0 Å². The van der Waals surface area contributed by atoms with Crippen molar-refractivity contribution in [2.75, 3.05) is 27.2 Å². The predicted molar refractivity (Wildman–Crippen MR) is 64.0 cm³/mol. The topological polar surface area (TPSA) is 15.3 Å². The Morgan fingerprint density at radius 1 is 1.20 bits per heavy atom. The second-order valence-electron chi connectivity index (χ2n) is 4.72. The summed E-state index contributed by atoms with van der Waals surface area (Å²) in [5, 5.41) is 3.47. The van der Waals surface area contributed by atoms with Gasteiger partial charge in [-0.05, 0) is 39.5 Å². The summed E-state index contributed by atoms with van der Waals surface area (Å²) in [6.45, 7) is 4.31. The zero-order valence-electron chi connectivity index (χ0n) is 9.88.